The van der Waals surface area contributed by atoms with E-state index in [1.54, 1.807) is 46.9 Å². The highest BCUT2D eigenvalue weighted by atomic mass is 32.1. The first-order chi connectivity index (χ1) is 19.8. The van der Waals surface area contributed by atoms with Crippen LogP contribution in [0.2, 0.25) is 0 Å². The van der Waals surface area contributed by atoms with E-state index in [1.807, 2.05) is 38.1 Å². The number of para-hydroxylation sites is 1. The topological polar surface area (TPSA) is 35.0 Å². The van der Waals surface area contributed by atoms with Crippen LogP contribution in [0.1, 0.15) is 22.5 Å². The summed E-state index contributed by atoms with van der Waals surface area (Å²) < 4.78 is 33.3. The minimum atomic E-state index is -0.257. The smallest absolute Gasteiger partial charge is 0.130 e. The molecule has 0 saturated heterocycles. The molecule has 0 aliphatic carbocycles. The maximum absolute atomic E-state index is 13.5. The van der Waals surface area contributed by atoms with Gasteiger partial charge in [0.1, 0.15) is 34.0 Å². The van der Waals surface area contributed by atoms with Crippen molar-refractivity contribution in [1.82, 2.24) is 9.97 Å². The lowest BCUT2D eigenvalue weighted by atomic mass is 10.1. The van der Waals surface area contributed by atoms with Gasteiger partial charge < -0.3 is 4.74 Å². The fourth-order valence-electron chi connectivity index (χ4n) is 4.77. The quantitative estimate of drug-likeness (QED) is 0.188. The Hall–Kier alpha value is -4.20. The molecule has 0 bridgehead atoms. The Labute approximate surface area is 245 Å². The van der Waals surface area contributed by atoms with Gasteiger partial charge in [0.15, 0.2) is 0 Å². The number of halogens is 2. The summed E-state index contributed by atoms with van der Waals surface area (Å²) in [4.78, 5) is 11.7. The predicted octanol–water partition coefficient (Wildman–Crippen LogP) is 10.1. The first-order valence-electron chi connectivity index (χ1n) is 13.1. The summed E-state index contributed by atoms with van der Waals surface area (Å²) in [7, 11) is 0. The number of aromatic nitrogens is 2. The van der Waals surface area contributed by atoms with Crippen LogP contribution >= 0.6 is 22.7 Å². The van der Waals surface area contributed by atoms with Crippen molar-refractivity contribution in [2.45, 2.75) is 27.4 Å². The first-order valence-corrected chi connectivity index (χ1v) is 14.8. The highest BCUT2D eigenvalue weighted by Gasteiger charge is 2.16. The van der Waals surface area contributed by atoms with E-state index >= 15 is 0 Å². The fraction of sp³-hybridized carbons (Fsp3) is 0.118. The molecule has 0 aliphatic heterocycles. The third-order valence-corrected chi connectivity index (χ3v) is 9.20. The SMILES string of the molecule is Cc1cc(COc2ccccc2-c2nc(C)c(-c3ccc(F)cc3)s2)cc(-c2nc(C)c(-c3ccc(F)cc3)s2)c1. The summed E-state index contributed by atoms with van der Waals surface area (Å²) in [5.41, 5.74) is 7.81. The number of aryl methyl sites for hydroxylation is 3. The Kier molecular flexibility index (Phi) is 7.47. The van der Waals surface area contributed by atoms with Crippen LogP contribution in [0.25, 0.3) is 42.0 Å². The lowest BCUT2D eigenvalue weighted by Crippen LogP contribution is -1.98. The first kappa shape index (κ1) is 27.0. The van der Waals surface area contributed by atoms with Crippen molar-refractivity contribution in [3.05, 3.63) is 125 Å². The highest BCUT2D eigenvalue weighted by Crippen LogP contribution is 2.40. The van der Waals surface area contributed by atoms with Crippen LogP contribution in [0.5, 0.6) is 5.75 Å². The van der Waals surface area contributed by atoms with Gasteiger partial charge in [-0.2, -0.15) is 0 Å². The fourth-order valence-corrected chi connectivity index (χ4v) is 6.93. The predicted molar refractivity (Wildman–Crippen MR) is 164 cm³/mol. The molecule has 0 radical (unpaired) electrons. The van der Waals surface area contributed by atoms with Crippen LogP contribution < -0.4 is 4.74 Å². The highest BCUT2D eigenvalue weighted by molar-refractivity contribution is 7.19. The normalized spacial score (nSPS) is 11.1. The molecule has 2 aromatic heterocycles. The number of benzene rings is 4. The Morgan fingerprint density at radius 1 is 0.634 bits per heavy atom. The number of hydrogen-bond donors (Lipinski definition) is 0. The summed E-state index contributed by atoms with van der Waals surface area (Å²) in [5.74, 6) is 0.241. The molecule has 0 unspecified atom stereocenters. The molecule has 0 amide bonds. The van der Waals surface area contributed by atoms with Gasteiger partial charge in [0.25, 0.3) is 0 Å². The molecule has 3 nitrogen and oxygen atoms in total. The van der Waals surface area contributed by atoms with Crippen LogP contribution in [-0.2, 0) is 6.61 Å². The maximum atomic E-state index is 13.5. The minimum absolute atomic E-state index is 0.251. The number of rotatable bonds is 7. The molecule has 6 aromatic rings. The van der Waals surface area contributed by atoms with Crippen LogP contribution in [0.3, 0.4) is 0 Å². The largest absolute Gasteiger partial charge is 0.488 e. The van der Waals surface area contributed by atoms with Gasteiger partial charge in [0, 0.05) is 5.56 Å². The second-order valence-electron chi connectivity index (χ2n) is 9.87. The van der Waals surface area contributed by atoms with Crippen LogP contribution in [-0.4, -0.2) is 9.97 Å². The van der Waals surface area contributed by atoms with E-state index in [0.717, 1.165) is 70.3 Å². The molecule has 0 fully saturated rings. The van der Waals surface area contributed by atoms with Crippen molar-refractivity contribution in [3.8, 4) is 47.8 Å². The van der Waals surface area contributed by atoms with Gasteiger partial charge in [-0.3, -0.25) is 0 Å². The molecule has 0 spiro atoms. The Bertz CT molecular complexity index is 1840. The zero-order valence-corrected chi connectivity index (χ0v) is 24.4. The molecule has 0 aliphatic rings. The van der Waals surface area contributed by atoms with Crippen LogP contribution in [0.15, 0.2) is 91.0 Å². The summed E-state index contributed by atoms with van der Waals surface area (Å²) in [5, 5.41) is 1.77. The van der Waals surface area contributed by atoms with Gasteiger partial charge >= 0.3 is 0 Å². The van der Waals surface area contributed by atoms with E-state index in [1.165, 1.54) is 24.3 Å². The second kappa shape index (κ2) is 11.4. The Morgan fingerprint density at radius 3 is 1.83 bits per heavy atom. The average Bonchev–Trinajstić information content (AvgIpc) is 3.55. The number of ether oxygens (including phenoxy) is 1. The number of hydrogen-bond acceptors (Lipinski definition) is 5. The van der Waals surface area contributed by atoms with E-state index in [4.69, 9.17) is 14.7 Å². The average molecular weight is 581 g/mol. The summed E-state index contributed by atoms with van der Waals surface area (Å²) >= 11 is 3.17. The molecule has 0 saturated carbocycles. The zero-order valence-electron chi connectivity index (χ0n) is 22.7. The van der Waals surface area contributed by atoms with Crippen LogP contribution in [0, 0.1) is 32.4 Å². The van der Waals surface area contributed by atoms with Gasteiger partial charge in [-0.05, 0) is 86.0 Å². The standard InChI is InChI=1S/C34H26F2N2OS2/c1-20-16-23(18-26(17-20)33-37-21(2)31(40-33)24-8-12-27(35)13-9-24)19-39-30-7-5-4-6-29(30)34-38-22(3)32(41-34)25-10-14-28(36)15-11-25/h4-18H,19H2,1-3H3. The molecule has 0 atom stereocenters. The number of nitrogens with zero attached hydrogens (tertiary/aromatic N) is 2. The van der Waals surface area contributed by atoms with Crippen molar-refractivity contribution in [2.24, 2.45) is 0 Å². The van der Waals surface area contributed by atoms with Gasteiger partial charge in [-0.25, -0.2) is 18.7 Å². The van der Waals surface area contributed by atoms with E-state index in [2.05, 4.69) is 25.1 Å². The zero-order chi connectivity index (χ0) is 28.5. The minimum Gasteiger partial charge on any atom is -0.488 e. The molecule has 2 heterocycles. The Balaban J connectivity index is 1.25. The van der Waals surface area contributed by atoms with Crippen molar-refractivity contribution in [1.29, 1.82) is 0 Å². The lowest BCUT2D eigenvalue weighted by Gasteiger charge is -2.11. The van der Waals surface area contributed by atoms with E-state index in [-0.39, 0.29) is 11.6 Å². The van der Waals surface area contributed by atoms with Crippen LogP contribution in [0.4, 0.5) is 8.78 Å². The third kappa shape index (κ3) is 5.82. The molecule has 204 valence electrons. The summed E-state index contributed by atoms with van der Waals surface area (Å²) in [6, 6.07) is 27.3. The lowest BCUT2D eigenvalue weighted by molar-refractivity contribution is 0.307. The van der Waals surface area contributed by atoms with Crippen molar-refractivity contribution in [2.75, 3.05) is 0 Å². The third-order valence-electron chi connectivity index (χ3n) is 6.70. The molecule has 6 rings (SSSR count). The van der Waals surface area contributed by atoms with E-state index in [9.17, 15) is 8.78 Å². The van der Waals surface area contributed by atoms with E-state index < -0.39 is 0 Å². The molecule has 4 aromatic carbocycles. The maximum Gasteiger partial charge on any atom is 0.130 e. The monoisotopic (exact) mass is 580 g/mol. The molecular formula is C34H26F2N2OS2. The van der Waals surface area contributed by atoms with Gasteiger partial charge in [0.2, 0.25) is 0 Å². The van der Waals surface area contributed by atoms with Crippen molar-refractivity contribution in [3.63, 3.8) is 0 Å². The molecule has 0 N–H and O–H groups in total. The van der Waals surface area contributed by atoms with Crippen molar-refractivity contribution < 1.29 is 13.5 Å². The Morgan fingerprint density at radius 2 is 1.20 bits per heavy atom. The van der Waals surface area contributed by atoms with E-state index in [0.29, 0.717) is 6.61 Å². The van der Waals surface area contributed by atoms with Gasteiger partial charge in [-0.15, -0.1) is 22.7 Å². The summed E-state index contributed by atoms with van der Waals surface area (Å²) in [6.07, 6.45) is 0. The number of thiazole rings is 2. The molecular weight excluding hydrogens is 555 g/mol. The second-order valence-corrected chi connectivity index (χ2v) is 11.9. The van der Waals surface area contributed by atoms with Crippen molar-refractivity contribution >= 4 is 22.7 Å². The summed E-state index contributed by atoms with van der Waals surface area (Å²) in [6.45, 7) is 6.41. The van der Waals surface area contributed by atoms with Gasteiger partial charge in [0.05, 0.1) is 26.7 Å². The van der Waals surface area contributed by atoms with Gasteiger partial charge in [-0.1, -0.05) is 48.0 Å². The molecule has 41 heavy (non-hydrogen) atoms. The molecule has 7 heteroatoms.